The fraction of sp³-hybridized carbons (Fsp3) is 0.438. The number of methoxy groups -OCH3 is 1. The fourth-order valence-corrected chi connectivity index (χ4v) is 1.63. The van der Waals surface area contributed by atoms with Gasteiger partial charge in [-0.25, -0.2) is 0 Å². The molecule has 0 aliphatic rings. The van der Waals surface area contributed by atoms with E-state index in [2.05, 4.69) is 5.32 Å². The van der Waals surface area contributed by atoms with Crippen LogP contribution in [0.25, 0.3) is 6.08 Å². The molecule has 0 spiro atoms. The molecule has 0 aliphatic heterocycles. The van der Waals surface area contributed by atoms with Gasteiger partial charge >= 0.3 is 0 Å². The van der Waals surface area contributed by atoms with E-state index in [0.717, 1.165) is 12.0 Å². The highest BCUT2D eigenvalue weighted by molar-refractivity contribution is 5.91. The van der Waals surface area contributed by atoms with E-state index in [9.17, 15) is 4.79 Å². The Kier molecular flexibility index (Phi) is 6.64. The number of carbonyl (C=O) groups is 1. The van der Waals surface area contributed by atoms with Gasteiger partial charge in [0.2, 0.25) is 5.91 Å². The molecule has 20 heavy (non-hydrogen) atoms. The zero-order valence-corrected chi connectivity index (χ0v) is 12.6. The van der Waals surface area contributed by atoms with Crippen LogP contribution in [0.15, 0.2) is 24.3 Å². The Bertz CT molecular complexity index is 469. The van der Waals surface area contributed by atoms with Crippen LogP contribution in [0.1, 0.15) is 32.8 Å². The van der Waals surface area contributed by atoms with Gasteiger partial charge in [-0.3, -0.25) is 4.79 Å². The van der Waals surface area contributed by atoms with Crippen molar-refractivity contribution in [3.63, 3.8) is 0 Å². The number of amides is 1. The van der Waals surface area contributed by atoms with Crippen LogP contribution < -0.4 is 14.8 Å². The highest BCUT2D eigenvalue weighted by Crippen LogP contribution is 2.28. The molecule has 1 atom stereocenters. The van der Waals surface area contributed by atoms with E-state index < -0.39 is 0 Å². The predicted octanol–water partition coefficient (Wildman–Crippen LogP) is 3.02. The second kappa shape index (κ2) is 8.25. The lowest BCUT2D eigenvalue weighted by molar-refractivity contribution is -0.117. The molecule has 1 rings (SSSR count). The summed E-state index contributed by atoms with van der Waals surface area (Å²) in [5, 5.41) is 2.88. The Morgan fingerprint density at radius 3 is 2.70 bits per heavy atom. The van der Waals surface area contributed by atoms with Crippen molar-refractivity contribution in [2.45, 2.75) is 33.2 Å². The first-order valence-corrected chi connectivity index (χ1v) is 6.90. The fourth-order valence-electron chi connectivity index (χ4n) is 1.63. The first-order chi connectivity index (χ1) is 9.60. The number of nitrogens with one attached hydrogen (secondary N) is 1. The van der Waals surface area contributed by atoms with Crippen molar-refractivity contribution in [1.82, 2.24) is 5.32 Å². The number of rotatable bonds is 7. The van der Waals surface area contributed by atoms with Gasteiger partial charge in [-0.05, 0) is 44.0 Å². The van der Waals surface area contributed by atoms with Crippen LogP contribution in [0.5, 0.6) is 11.5 Å². The molecule has 1 aromatic carbocycles. The van der Waals surface area contributed by atoms with Crippen molar-refractivity contribution in [2.24, 2.45) is 0 Å². The summed E-state index contributed by atoms with van der Waals surface area (Å²) in [4.78, 5) is 11.7. The van der Waals surface area contributed by atoms with Gasteiger partial charge in [0, 0.05) is 12.1 Å². The van der Waals surface area contributed by atoms with E-state index in [1.807, 2.05) is 39.0 Å². The number of benzene rings is 1. The van der Waals surface area contributed by atoms with Crippen LogP contribution in [0.4, 0.5) is 0 Å². The Labute approximate surface area is 120 Å². The summed E-state index contributed by atoms with van der Waals surface area (Å²) in [6, 6.07) is 5.76. The maximum absolute atomic E-state index is 11.7. The first kappa shape index (κ1) is 16.1. The second-order valence-corrected chi connectivity index (χ2v) is 4.49. The van der Waals surface area contributed by atoms with Gasteiger partial charge in [-0.15, -0.1) is 0 Å². The Hall–Kier alpha value is -1.97. The molecule has 0 unspecified atom stereocenters. The molecule has 0 aliphatic carbocycles. The number of ether oxygens (including phenoxy) is 2. The zero-order valence-electron chi connectivity index (χ0n) is 12.6. The average molecular weight is 277 g/mol. The van der Waals surface area contributed by atoms with Gasteiger partial charge in [0.25, 0.3) is 0 Å². The molecule has 0 heterocycles. The van der Waals surface area contributed by atoms with Crippen molar-refractivity contribution in [3.8, 4) is 11.5 Å². The molecule has 0 saturated carbocycles. The van der Waals surface area contributed by atoms with E-state index in [4.69, 9.17) is 9.47 Å². The third kappa shape index (κ3) is 4.96. The average Bonchev–Trinajstić information content (AvgIpc) is 2.46. The lowest BCUT2D eigenvalue weighted by atomic mass is 10.2. The molecule has 1 amide bonds. The summed E-state index contributed by atoms with van der Waals surface area (Å²) in [6.45, 7) is 6.52. The lowest BCUT2D eigenvalue weighted by Gasteiger charge is -2.10. The normalized spacial score (nSPS) is 12.2. The minimum Gasteiger partial charge on any atom is -0.493 e. The highest BCUT2D eigenvalue weighted by atomic mass is 16.5. The van der Waals surface area contributed by atoms with E-state index in [1.165, 1.54) is 6.08 Å². The summed E-state index contributed by atoms with van der Waals surface area (Å²) in [5.41, 5.74) is 0.893. The molecule has 1 N–H and O–H groups in total. The Balaban J connectivity index is 2.75. The van der Waals surface area contributed by atoms with Crippen LogP contribution in [0.3, 0.4) is 0 Å². The van der Waals surface area contributed by atoms with Crippen molar-refractivity contribution in [2.75, 3.05) is 13.7 Å². The van der Waals surface area contributed by atoms with Crippen LogP contribution >= 0.6 is 0 Å². The molecule has 4 nitrogen and oxygen atoms in total. The summed E-state index contributed by atoms with van der Waals surface area (Å²) >= 11 is 0. The van der Waals surface area contributed by atoms with E-state index >= 15 is 0 Å². The van der Waals surface area contributed by atoms with Gasteiger partial charge in [-0.2, -0.15) is 0 Å². The van der Waals surface area contributed by atoms with E-state index in [0.29, 0.717) is 18.1 Å². The molecule has 1 aromatic rings. The van der Waals surface area contributed by atoms with E-state index in [1.54, 1.807) is 13.2 Å². The van der Waals surface area contributed by atoms with Crippen LogP contribution in [-0.2, 0) is 4.79 Å². The Morgan fingerprint density at radius 2 is 2.10 bits per heavy atom. The molecular formula is C16H23NO3. The largest absolute Gasteiger partial charge is 0.493 e. The third-order valence-electron chi connectivity index (χ3n) is 2.92. The quantitative estimate of drug-likeness (QED) is 0.779. The molecule has 0 fully saturated rings. The molecule has 4 heteroatoms. The maximum Gasteiger partial charge on any atom is 0.244 e. The highest BCUT2D eigenvalue weighted by Gasteiger charge is 2.05. The summed E-state index contributed by atoms with van der Waals surface area (Å²) < 4.78 is 10.7. The summed E-state index contributed by atoms with van der Waals surface area (Å²) in [6.07, 6.45) is 4.20. The van der Waals surface area contributed by atoms with Gasteiger partial charge in [0.05, 0.1) is 13.7 Å². The summed E-state index contributed by atoms with van der Waals surface area (Å²) in [7, 11) is 1.60. The number of hydrogen-bond acceptors (Lipinski definition) is 3. The molecule has 0 radical (unpaired) electrons. The second-order valence-electron chi connectivity index (χ2n) is 4.49. The molecule has 110 valence electrons. The third-order valence-corrected chi connectivity index (χ3v) is 2.92. The van der Waals surface area contributed by atoms with Gasteiger partial charge in [-0.1, -0.05) is 13.0 Å². The van der Waals surface area contributed by atoms with Crippen molar-refractivity contribution >= 4 is 12.0 Å². The van der Waals surface area contributed by atoms with Gasteiger partial charge < -0.3 is 14.8 Å². The molecule has 0 bridgehead atoms. The monoisotopic (exact) mass is 277 g/mol. The van der Waals surface area contributed by atoms with Crippen LogP contribution in [0.2, 0.25) is 0 Å². The molecule has 0 aromatic heterocycles. The minimum absolute atomic E-state index is 0.0906. The van der Waals surface area contributed by atoms with Crippen LogP contribution in [-0.4, -0.2) is 25.7 Å². The van der Waals surface area contributed by atoms with Gasteiger partial charge in [0.1, 0.15) is 0 Å². The van der Waals surface area contributed by atoms with Crippen molar-refractivity contribution < 1.29 is 14.3 Å². The van der Waals surface area contributed by atoms with Crippen molar-refractivity contribution in [1.29, 1.82) is 0 Å². The topological polar surface area (TPSA) is 47.6 Å². The smallest absolute Gasteiger partial charge is 0.244 e. The van der Waals surface area contributed by atoms with Crippen molar-refractivity contribution in [3.05, 3.63) is 29.8 Å². The minimum atomic E-state index is -0.0906. The van der Waals surface area contributed by atoms with Crippen LogP contribution in [0, 0.1) is 0 Å². The molecular weight excluding hydrogens is 254 g/mol. The summed E-state index contributed by atoms with van der Waals surface area (Å²) in [5.74, 6) is 1.28. The predicted molar refractivity (Wildman–Crippen MR) is 81.1 cm³/mol. The van der Waals surface area contributed by atoms with E-state index in [-0.39, 0.29) is 11.9 Å². The number of carbonyl (C=O) groups excluding carboxylic acids is 1. The standard InChI is InChI=1S/C16H23NO3/c1-5-12(3)17-16(18)10-8-13-7-9-14(20-6-2)15(11-13)19-4/h7-12H,5-6H2,1-4H3,(H,17,18)/b10-8+/t12-/m0/s1. The number of hydrogen-bond donors (Lipinski definition) is 1. The molecule has 0 saturated heterocycles. The first-order valence-electron chi connectivity index (χ1n) is 6.90. The lowest BCUT2D eigenvalue weighted by Crippen LogP contribution is -2.30. The van der Waals surface area contributed by atoms with Gasteiger partial charge in [0.15, 0.2) is 11.5 Å². The Morgan fingerprint density at radius 1 is 1.35 bits per heavy atom. The maximum atomic E-state index is 11.7. The SMILES string of the molecule is CCOc1ccc(/C=C/C(=O)N[C@@H](C)CC)cc1OC. The zero-order chi connectivity index (χ0) is 15.0.